The van der Waals surface area contributed by atoms with Gasteiger partial charge in [-0.25, -0.2) is 0 Å². The minimum Gasteiger partial charge on any atom is -0.365 e. The van der Waals surface area contributed by atoms with Crippen molar-refractivity contribution < 1.29 is 0 Å². The van der Waals surface area contributed by atoms with Crippen LogP contribution in [0.1, 0.15) is 34.1 Å². The van der Waals surface area contributed by atoms with Gasteiger partial charge >= 0.3 is 0 Å². The molecule has 0 saturated carbocycles. The molecule has 0 aromatic rings. The zero-order valence-corrected chi connectivity index (χ0v) is 12.7. The number of amidine groups is 1. The second-order valence-corrected chi connectivity index (χ2v) is 6.63. The summed E-state index contributed by atoms with van der Waals surface area (Å²) in [6.45, 7) is 12.2. The Morgan fingerprint density at radius 1 is 1.41 bits per heavy atom. The SMILES string of the molecule is CC(C)C1CN=C(NCCCN(C)C(C)C)S1. The van der Waals surface area contributed by atoms with Crippen molar-refractivity contribution in [2.75, 3.05) is 26.7 Å². The van der Waals surface area contributed by atoms with E-state index in [0.717, 1.165) is 30.7 Å². The highest BCUT2D eigenvalue weighted by Crippen LogP contribution is 2.25. The van der Waals surface area contributed by atoms with E-state index in [4.69, 9.17) is 0 Å². The average molecular weight is 257 g/mol. The van der Waals surface area contributed by atoms with Crippen molar-refractivity contribution in [3.8, 4) is 0 Å². The van der Waals surface area contributed by atoms with Gasteiger partial charge in [0.05, 0.1) is 6.54 Å². The van der Waals surface area contributed by atoms with E-state index in [1.54, 1.807) is 0 Å². The lowest BCUT2D eigenvalue weighted by Crippen LogP contribution is -2.30. The van der Waals surface area contributed by atoms with Crippen LogP contribution in [0.25, 0.3) is 0 Å². The number of hydrogen-bond acceptors (Lipinski definition) is 4. The molecule has 0 aliphatic carbocycles. The molecule has 0 aromatic heterocycles. The number of thioether (sulfide) groups is 1. The topological polar surface area (TPSA) is 27.6 Å². The van der Waals surface area contributed by atoms with Crippen molar-refractivity contribution in [2.45, 2.75) is 45.4 Å². The van der Waals surface area contributed by atoms with Gasteiger partial charge in [-0.2, -0.15) is 0 Å². The van der Waals surface area contributed by atoms with E-state index in [0.29, 0.717) is 11.3 Å². The Kier molecular flexibility index (Phi) is 6.34. The minimum absolute atomic E-state index is 0.638. The maximum atomic E-state index is 4.55. The highest BCUT2D eigenvalue weighted by Gasteiger charge is 2.21. The van der Waals surface area contributed by atoms with Gasteiger partial charge in [0.25, 0.3) is 0 Å². The smallest absolute Gasteiger partial charge is 0.156 e. The summed E-state index contributed by atoms with van der Waals surface area (Å²) in [6, 6.07) is 0.638. The summed E-state index contributed by atoms with van der Waals surface area (Å²) in [7, 11) is 2.18. The molecule has 4 heteroatoms. The van der Waals surface area contributed by atoms with Crippen LogP contribution in [-0.2, 0) is 0 Å². The monoisotopic (exact) mass is 257 g/mol. The Morgan fingerprint density at radius 2 is 2.12 bits per heavy atom. The summed E-state index contributed by atoms with van der Waals surface area (Å²) in [5.74, 6) is 0.718. The van der Waals surface area contributed by atoms with E-state index in [1.807, 2.05) is 11.8 Å². The lowest BCUT2D eigenvalue weighted by Gasteiger charge is -2.20. The third kappa shape index (κ3) is 5.30. The van der Waals surface area contributed by atoms with E-state index in [1.165, 1.54) is 6.42 Å². The fourth-order valence-corrected chi connectivity index (χ4v) is 2.66. The number of rotatable bonds is 6. The molecular weight excluding hydrogens is 230 g/mol. The van der Waals surface area contributed by atoms with Crippen molar-refractivity contribution >= 4 is 16.9 Å². The Morgan fingerprint density at radius 3 is 2.65 bits per heavy atom. The maximum absolute atomic E-state index is 4.55. The predicted molar refractivity (Wildman–Crippen MR) is 78.9 cm³/mol. The van der Waals surface area contributed by atoms with Crippen LogP contribution < -0.4 is 5.32 Å². The van der Waals surface area contributed by atoms with Crippen LogP contribution in [-0.4, -0.2) is 48.0 Å². The molecular formula is C13H27N3S. The van der Waals surface area contributed by atoms with Crippen LogP contribution in [0.2, 0.25) is 0 Å². The van der Waals surface area contributed by atoms with Crippen molar-refractivity contribution in [2.24, 2.45) is 10.9 Å². The first-order valence-electron chi connectivity index (χ1n) is 6.66. The van der Waals surface area contributed by atoms with Crippen LogP contribution in [0.3, 0.4) is 0 Å². The van der Waals surface area contributed by atoms with E-state index in [2.05, 4.69) is 50.0 Å². The van der Waals surface area contributed by atoms with E-state index < -0.39 is 0 Å². The third-order valence-corrected chi connectivity index (χ3v) is 4.76. The molecule has 1 atom stereocenters. The quantitative estimate of drug-likeness (QED) is 0.741. The van der Waals surface area contributed by atoms with Crippen LogP contribution in [0.15, 0.2) is 4.99 Å². The Balaban J connectivity index is 2.09. The van der Waals surface area contributed by atoms with Crippen LogP contribution in [0.4, 0.5) is 0 Å². The highest BCUT2D eigenvalue weighted by atomic mass is 32.2. The summed E-state index contributed by atoms with van der Waals surface area (Å²) >= 11 is 1.91. The van der Waals surface area contributed by atoms with E-state index in [-0.39, 0.29) is 0 Å². The van der Waals surface area contributed by atoms with Gasteiger partial charge in [-0.05, 0) is 39.8 Å². The molecule has 3 nitrogen and oxygen atoms in total. The van der Waals surface area contributed by atoms with Gasteiger partial charge in [-0.1, -0.05) is 25.6 Å². The summed E-state index contributed by atoms with van der Waals surface area (Å²) in [4.78, 5) is 6.92. The molecule has 0 spiro atoms. The normalized spacial score (nSPS) is 20.5. The van der Waals surface area contributed by atoms with E-state index >= 15 is 0 Å². The number of nitrogens with one attached hydrogen (secondary N) is 1. The largest absolute Gasteiger partial charge is 0.365 e. The third-order valence-electron chi connectivity index (χ3n) is 3.27. The van der Waals surface area contributed by atoms with Gasteiger partial charge in [0.1, 0.15) is 0 Å². The maximum Gasteiger partial charge on any atom is 0.156 e. The molecule has 17 heavy (non-hydrogen) atoms. The van der Waals surface area contributed by atoms with Crippen molar-refractivity contribution in [1.82, 2.24) is 10.2 Å². The summed E-state index contributed by atoms with van der Waals surface area (Å²) in [5, 5.41) is 5.27. The Hall–Kier alpha value is -0.220. The number of hydrogen-bond donors (Lipinski definition) is 1. The molecule has 1 aliphatic rings. The molecule has 0 fully saturated rings. The second kappa shape index (κ2) is 7.27. The summed E-state index contributed by atoms with van der Waals surface area (Å²) in [5.41, 5.74) is 0. The van der Waals surface area contributed by atoms with Crippen molar-refractivity contribution in [1.29, 1.82) is 0 Å². The molecule has 1 unspecified atom stereocenters. The molecule has 1 rings (SSSR count). The second-order valence-electron chi connectivity index (χ2n) is 5.40. The summed E-state index contributed by atoms with van der Waals surface area (Å²) < 4.78 is 0. The van der Waals surface area contributed by atoms with Gasteiger partial charge in [0, 0.05) is 17.8 Å². The predicted octanol–water partition coefficient (Wildman–Crippen LogP) is 2.43. The fraction of sp³-hybridized carbons (Fsp3) is 0.923. The first-order valence-corrected chi connectivity index (χ1v) is 7.54. The zero-order valence-electron chi connectivity index (χ0n) is 11.9. The van der Waals surface area contributed by atoms with Gasteiger partial charge in [0.15, 0.2) is 5.17 Å². The van der Waals surface area contributed by atoms with Crippen LogP contribution >= 0.6 is 11.8 Å². The first kappa shape index (κ1) is 14.8. The Bertz CT molecular complexity index is 251. The van der Waals surface area contributed by atoms with E-state index in [9.17, 15) is 0 Å². The number of nitrogens with zero attached hydrogens (tertiary/aromatic N) is 2. The lowest BCUT2D eigenvalue weighted by atomic mass is 10.1. The summed E-state index contributed by atoms with van der Waals surface area (Å²) in [6.07, 6.45) is 1.18. The molecule has 0 aromatic carbocycles. The van der Waals surface area contributed by atoms with Crippen molar-refractivity contribution in [3.63, 3.8) is 0 Å². The Labute approximate surface area is 110 Å². The van der Waals surface area contributed by atoms with Gasteiger partial charge < -0.3 is 10.2 Å². The molecule has 0 radical (unpaired) electrons. The lowest BCUT2D eigenvalue weighted by molar-refractivity contribution is 0.271. The molecule has 0 bridgehead atoms. The van der Waals surface area contributed by atoms with Crippen LogP contribution in [0, 0.1) is 5.92 Å². The van der Waals surface area contributed by atoms with Gasteiger partial charge in [0.2, 0.25) is 0 Å². The molecule has 1 N–H and O–H groups in total. The standard InChI is InChI=1S/C13H27N3S/c1-10(2)12-9-15-13(17-12)14-7-6-8-16(5)11(3)4/h10-12H,6-9H2,1-5H3,(H,14,15). The fourth-order valence-electron chi connectivity index (χ4n) is 1.62. The van der Waals surface area contributed by atoms with Gasteiger partial charge in [-0.15, -0.1) is 0 Å². The van der Waals surface area contributed by atoms with Crippen molar-refractivity contribution in [3.05, 3.63) is 0 Å². The first-order chi connectivity index (χ1) is 8.00. The van der Waals surface area contributed by atoms with Crippen LogP contribution in [0.5, 0.6) is 0 Å². The minimum atomic E-state index is 0.638. The number of aliphatic imine (C=N–C) groups is 1. The molecule has 1 aliphatic heterocycles. The average Bonchev–Trinajstić information content (AvgIpc) is 2.72. The molecule has 100 valence electrons. The molecule has 0 saturated heterocycles. The van der Waals surface area contributed by atoms with Gasteiger partial charge in [-0.3, -0.25) is 4.99 Å². The zero-order chi connectivity index (χ0) is 12.8. The molecule has 1 heterocycles. The molecule has 0 amide bonds. The highest BCUT2D eigenvalue weighted by molar-refractivity contribution is 8.14.